The lowest BCUT2D eigenvalue weighted by Crippen LogP contribution is -2.07. The van der Waals surface area contributed by atoms with Crippen molar-refractivity contribution >= 4 is 0 Å². The van der Waals surface area contributed by atoms with Gasteiger partial charge in [-0.15, -0.1) is 0 Å². The van der Waals surface area contributed by atoms with Gasteiger partial charge < -0.3 is 9.67 Å². The lowest BCUT2D eigenvalue weighted by atomic mass is 10.1. The van der Waals surface area contributed by atoms with Crippen LogP contribution in [0.25, 0.3) is 0 Å². The molecule has 1 atom stereocenters. The van der Waals surface area contributed by atoms with Crippen LogP contribution in [0.1, 0.15) is 45.4 Å². The molecule has 3 heteroatoms. The summed E-state index contributed by atoms with van der Waals surface area (Å²) in [6.45, 7) is 3.15. The predicted octanol–water partition coefficient (Wildman–Crippen LogP) is 2.60. The fourth-order valence-corrected chi connectivity index (χ4v) is 1.70. The van der Waals surface area contributed by atoms with Crippen LogP contribution >= 0.6 is 0 Å². The van der Waals surface area contributed by atoms with Crippen LogP contribution in [-0.4, -0.2) is 20.8 Å². The molecular weight excluding hydrogens is 188 g/mol. The van der Waals surface area contributed by atoms with Crippen molar-refractivity contribution in [1.82, 2.24) is 9.55 Å². The van der Waals surface area contributed by atoms with Crippen LogP contribution in [0.5, 0.6) is 0 Å². The first-order chi connectivity index (χ1) is 7.33. The number of aromatic nitrogens is 2. The third kappa shape index (κ3) is 5.57. The maximum absolute atomic E-state index is 9.68. The van der Waals surface area contributed by atoms with E-state index in [1.807, 2.05) is 12.5 Å². The zero-order valence-electron chi connectivity index (χ0n) is 9.60. The monoisotopic (exact) mass is 210 g/mol. The Morgan fingerprint density at radius 3 is 2.73 bits per heavy atom. The first-order valence-corrected chi connectivity index (χ1v) is 5.96. The van der Waals surface area contributed by atoms with Crippen LogP contribution in [0.4, 0.5) is 0 Å². The Morgan fingerprint density at radius 2 is 2.07 bits per heavy atom. The smallest absolute Gasteiger partial charge is 0.0945 e. The van der Waals surface area contributed by atoms with E-state index in [0.717, 1.165) is 32.2 Å². The van der Waals surface area contributed by atoms with Gasteiger partial charge in [-0.3, -0.25) is 0 Å². The molecule has 0 saturated carbocycles. The molecule has 15 heavy (non-hydrogen) atoms. The molecule has 0 aliphatic carbocycles. The molecule has 86 valence electrons. The Hall–Kier alpha value is -0.830. The number of rotatable bonds is 8. The summed E-state index contributed by atoms with van der Waals surface area (Å²) in [5.41, 5.74) is 0. The second-order valence-electron chi connectivity index (χ2n) is 4.09. The zero-order valence-corrected chi connectivity index (χ0v) is 9.60. The van der Waals surface area contributed by atoms with E-state index in [1.165, 1.54) is 12.8 Å². The minimum Gasteiger partial charge on any atom is -0.393 e. The number of imidazole rings is 1. The molecule has 0 aromatic carbocycles. The van der Waals surface area contributed by atoms with Gasteiger partial charge in [0.15, 0.2) is 0 Å². The Bertz CT molecular complexity index is 234. The van der Waals surface area contributed by atoms with Gasteiger partial charge >= 0.3 is 0 Å². The fraction of sp³-hybridized carbons (Fsp3) is 0.750. The van der Waals surface area contributed by atoms with Gasteiger partial charge in [0.05, 0.1) is 12.4 Å². The first-order valence-electron chi connectivity index (χ1n) is 5.96. The molecule has 0 amide bonds. The summed E-state index contributed by atoms with van der Waals surface area (Å²) < 4.78 is 2.05. The van der Waals surface area contributed by atoms with E-state index in [-0.39, 0.29) is 6.10 Å². The lowest BCUT2D eigenvalue weighted by Gasteiger charge is -2.09. The Balaban J connectivity index is 1.99. The maximum Gasteiger partial charge on any atom is 0.0945 e. The number of hydrogen-bond acceptors (Lipinski definition) is 2. The van der Waals surface area contributed by atoms with Crippen LogP contribution in [0.2, 0.25) is 0 Å². The van der Waals surface area contributed by atoms with Gasteiger partial charge in [0, 0.05) is 18.9 Å². The van der Waals surface area contributed by atoms with E-state index in [4.69, 9.17) is 0 Å². The van der Waals surface area contributed by atoms with Crippen molar-refractivity contribution in [2.75, 3.05) is 0 Å². The minimum absolute atomic E-state index is 0.111. The molecule has 1 aromatic heterocycles. The van der Waals surface area contributed by atoms with Crippen LogP contribution in [0, 0.1) is 0 Å². The van der Waals surface area contributed by atoms with Gasteiger partial charge in [-0.25, -0.2) is 4.98 Å². The third-order valence-corrected chi connectivity index (χ3v) is 2.65. The first kappa shape index (κ1) is 12.2. The Kier molecular flexibility index (Phi) is 6.09. The largest absolute Gasteiger partial charge is 0.393 e. The van der Waals surface area contributed by atoms with Gasteiger partial charge in [0.2, 0.25) is 0 Å². The molecule has 0 radical (unpaired) electrons. The van der Waals surface area contributed by atoms with Crippen LogP contribution < -0.4 is 0 Å². The summed E-state index contributed by atoms with van der Waals surface area (Å²) in [5, 5.41) is 9.68. The van der Waals surface area contributed by atoms with Gasteiger partial charge in [0.25, 0.3) is 0 Å². The number of unbranched alkanes of at least 4 members (excludes halogenated alkanes) is 2. The average Bonchev–Trinajstić information content (AvgIpc) is 2.71. The van der Waals surface area contributed by atoms with Crippen molar-refractivity contribution in [3.05, 3.63) is 18.7 Å². The van der Waals surface area contributed by atoms with Crippen LogP contribution in [0.3, 0.4) is 0 Å². The molecule has 1 aromatic rings. The molecule has 3 nitrogen and oxygen atoms in total. The summed E-state index contributed by atoms with van der Waals surface area (Å²) in [7, 11) is 0. The second kappa shape index (κ2) is 7.46. The molecule has 1 rings (SSSR count). The molecule has 1 N–H and O–H groups in total. The van der Waals surface area contributed by atoms with E-state index >= 15 is 0 Å². The van der Waals surface area contributed by atoms with E-state index < -0.39 is 0 Å². The van der Waals surface area contributed by atoms with Crippen LogP contribution in [0.15, 0.2) is 18.7 Å². The van der Waals surface area contributed by atoms with Gasteiger partial charge in [-0.05, 0) is 19.3 Å². The number of aliphatic hydroxyl groups excluding tert-OH is 1. The number of aryl methyl sites for hydroxylation is 1. The van der Waals surface area contributed by atoms with E-state index in [2.05, 4.69) is 16.5 Å². The summed E-state index contributed by atoms with van der Waals surface area (Å²) in [6, 6.07) is 0. The molecule has 1 heterocycles. The molecule has 0 bridgehead atoms. The number of aliphatic hydroxyl groups is 1. The van der Waals surface area contributed by atoms with Crippen molar-refractivity contribution in [3.8, 4) is 0 Å². The third-order valence-electron chi connectivity index (χ3n) is 2.65. The summed E-state index contributed by atoms with van der Waals surface area (Å²) >= 11 is 0. The fourth-order valence-electron chi connectivity index (χ4n) is 1.70. The van der Waals surface area contributed by atoms with Gasteiger partial charge in [0.1, 0.15) is 0 Å². The van der Waals surface area contributed by atoms with E-state index in [9.17, 15) is 5.11 Å². The average molecular weight is 210 g/mol. The predicted molar refractivity (Wildman–Crippen MR) is 61.6 cm³/mol. The van der Waals surface area contributed by atoms with E-state index in [1.54, 1.807) is 6.20 Å². The van der Waals surface area contributed by atoms with E-state index in [0.29, 0.717) is 0 Å². The summed E-state index contributed by atoms with van der Waals surface area (Å²) in [6.07, 6.45) is 12.0. The van der Waals surface area contributed by atoms with Crippen molar-refractivity contribution < 1.29 is 5.11 Å². The lowest BCUT2D eigenvalue weighted by molar-refractivity contribution is 0.146. The van der Waals surface area contributed by atoms with Crippen molar-refractivity contribution in [3.63, 3.8) is 0 Å². The highest BCUT2D eigenvalue weighted by molar-refractivity contribution is 4.73. The minimum atomic E-state index is -0.111. The highest BCUT2D eigenvalue weighted by Gasteiger charge is 2.03. The topological polar surface area (TPSA) is 38.0 Å². The molecule has 1 unspecified atom stereocenters. The summed E-state index contributed by atoms with van der Waals surface area (Å²) in [5.74, 6) is 0. The highest BCUT2D eigenvalue weighted by atomic mass is 16.3. The van der Waals surface area contributed by atoms with Gasteiger partial charge in [-0.1, -0.05) is 26.2 Å². The number of hydrogen-bond donors (Lipinski definition) is 1. The zero-order chi connectivity index (χ0) is 10.9. The molecule has 0 aliphatic rings. The number of nitrogens with zero attached hydrogens (tertiary/aromatic N) is 2. The van der Waals surface area contributed by atoms with Gasteiger partial charge in [-0.2, -0.15) is 0 Å². The molecule has 0 saturated heterocycles. The molecule has 0 spiro atoms. The normalized spacial score (nSPS) is 12.9. The van der Waals surface area contributed by atoms with Crippen molar-refractivity contribution in [1.29, 1.82) is 0 Å². The standard InChI is InChI=1S/C12H22N2O/c1-2-3-4-6-12(15)7-5-9-14-10-8-13-11-14/h8,10-12,15H,2-7,9H2,1H3. The second-order valence-corrected chi connectivity index (χ2v) is 4.09. The Morgan fingerprint density at radius 1 is 1.27 bits per heavy atom. The van der Waals surface area contributed by atoms with Crippen molar-refractivity contribution in [2.24, 2.45) is 0 Å². The summed E-state index contributed by atoms with van der Waals surface area (Å²) in [4.78, 5) is 3.98. The molecule has 0 aliphatic heterocycles. The molecular formula is C12H22N2O. The van der Waals surface area contributed by atoms with Crippen LogP contribution in [-0.2, 0) is 6.54 Å². The van der Waals surface area contributed by atoms with Crippen molar-refractivity contribution in [2.45, 2.75) is 58.1 Å². The maximum atomic E-state index is 9.68. The SMILES string of the molecule is CCCCCC(O)CCCn1ccnc1. The quantitative estimate of drug-likeness (QED) is 0.670. The molecule has 0 fully saturated rings. The highest BCUT2D eigenvalue weighted by Crippen LogP contribution is 2.08. The Labute approximate surface area is 92.1 Å².